The quantitative estimate of drug-likeness (QED) is 0.775. The number of methoxy groups -OCH3 is 2. The van der Waals surface area contributed by atoms with Crippen LogP contribution in [0.3, 0.4) is 0 Å². The summed E-state index contributed by atoms with van der Waals surface area (Å²) in [7, 11) is -0.811. The van der Waals surface area contributed by atoms with Gasteiger partial charge in [0.1, 0.15) is 16.4 Å². The fourth-order valence-corrected chi connectivity index (χ4v) is 4.71. The first kappa shape index (κ1) is 19.0. The summed E-state index contributed by atoms with van der Waals surface area (Å²) in [6.07, 6.45) is -0.420. The van der Waals surface area contributed by atoms with E-state index in [9.17, 15) is 8.42 Å². The monoisotopic (exact) mass is 397 g/mol. The Labute approximate surface area is 158 Å². The van der Waals surface area contributed by atoms with Crippen LogP contribution in [0.2, 0.25) is 5.02 Å². The van der Waals surface area contributed by atoms with Crippen LogP contribution >= 0.6 is 11.6 Å². The number of hydrogen-bond acceptors (Lipinski definition) is 5. The minimum atomic E-state index is -3.75. The van der Waals surface area contributed by atoms with Crippen molar-refractivity contribution < 1.29 is 22.6 Å². The Kier molecular flexibility index (Phi) is 5.72. The molecule has 1 fully saturated rings. The molecule has 0 amide bonds. The molecule has 0 bridgehead atoms. The second-order valence-electron chi connectivity index (χ2n) is 5.76. The Balaban J connectivity index is 1.91. The lowest BCUT2D eigenvalue weighted by molar-refractivity contribution is -0.00253. The highest BCUT2D eigenvalue weighted by molar-refractivity contribution is 7.89. The molecule has 26 heavy (non-hydrogen) atoms. The van der Waals surface area contributed by atoms with Crippen LogP contribution in [0, 0.1) is 0 Å². The predicted molar refractivity (Wildman–Crippen MR) is 98.4 cm³/mol. The molecule has 0 radical (unpaired) electrons. The van der Waals surface area contributed by atoms with Crippen molar-refractivity contribution in [2.24, 2.45) is 0 Å². The number of nitrogens with zero attached hydrogens (tertiary/aromatic N) is 1. The summed E-state index contributed by atoms with van der Waals surface area (Å²) in [5.74, 6) is 0.766. The number of halogens is 1. The summed E-state index contributed by atoms with van der Waals surface area (Å²) in [6, 6.07) is 11.9. The van der Waals surface area contributed by atoms with Gasteiger partial charge in [0.15, 0.2) is 0 Å². The Hall–Kier alpha value is -1.80. The zero-order valence-electron chi connectivity index (χ0n) is 14.5. The maximum absolute atomic E-state index is 13.1. The summed E-state index contributed by atoms with van der Waals surface area (Å²) in [4.78, 5) is 0.0978. The van der Waals surface area contributed by atoms with E-state index in [1.165, 1.54) is 24.6 Å². The average molecular weight is 398 g/mol. The molecule has 2 aromatic rings. The molecule has 1 heterocycles. The molecule has 1 unspecified atom stereocenters. The van der Waals surface area contributed by atoms with Crippen LogP contribution in [-0.2, 0) is 14.8 Å². The van der Waals surface area contributed by atoms with Gasteiger partial charge in [-0.05, 0) is 18.2 Å². The summed E-state index contributed by atoms with van der Waals surface area (Å²) in [5, 5.41) is 0.554. The molecular formula is C18H20ClNO5S. The van der Waals surface area contributed by atoms with Crippen molar-refractivity contribution in [1.29, 1.82) is 0 Å². The van der Waals surface area contributed by atoms with Crippen molar-refractivity contribution in [2.75, 3.05) is 33.9 Å². The minimum absolute atomic E-state index is 0.0978. The maximum Gasteiger partial charge on any atom is 0.246 e. The molecule has 0 aliphatic carbocycles. The largest absolute Gasteiger partial charge is 0.497 e. The molecule has 0 saturated carbocycles. The lowest BCUT2D eigenvalue weighted by Crippen LogP contribution is -2.42. The van der Waals surface area contributed by atoms with E-state index in [-0.39, 0.29) is 30.3 Å². The van der Waals surface area contributed by atoms with Crippen LogP contribution in [0.5, 0.6) is 11.5 Å². The van der Waals surface area contributed by atoms with Gasteiger partial charge in [0.05, 0.1) is 26.9 Å². The third-order valence-electron chi connectivity index (χ3n) is 4.27. The highest BCUT2D eigenvalue weighted by atomic mass is 35.5. The van der Waals surface area contributed by atoms with Crippen molar-refractivity contribution in [3.8, 4) is 11.5 Å². The molecular weight excluding hydrogens is 378 g/mol. The standard InChI is InChI=1S/C18H20ClNO5S/c1-23-13-7-8-18(16(11-13)24-2)26(21,22)20-9-10-25-17(12-20)14-5-3-4-6-15(14)19/h3-8,11,17H,9-10,12H2,1-2H3. The zero-order chi connectivity index (χ0) is 18.7. The molecule has 0 spiro atoms. The summed E-state index contributed by atoms with van der Waals surface area (Å²) in [6.45, 7) is 0.729. The summed E-state index contributed by atoms with van der Waals surface area (Å²) in [5.41, 5.74) is 0.774. The first-order valence-corrected chi connectivity index (χ1v) is 9.87. The van der Waals surface area contributed by atoms with Crippen LogP contribution in [0.1, 0.15) is 11.7 Å². The topological polar surface area (TPSA) is 65.1 Å². The van der Waals surface area contributed by atoms with Crippen LogP contribution in [0.4, 0.5) is 0 Å². The van der Waals surface area contributed by atoms with Gasteiger partial charge in [0, 0.05) is 29.7 Å². The Morgan fingerprint density at radius 3 is 2.62 bits per heavy atom. The lowest BCUT2D eigenvalue weighted by Gasteiger charge is -2.33. The molecule has 140 valence electrons. The molecule has 1 aliphatic rings. The average Bonchev–Trinajstić information content (AvgIpc) is 2.67. The molecule has 1 aliphatic heterocycles. The fraction of sp³-hybridized carbons (Fsp3) is 0.333. The van der Waals surface area contributed by atoms with E-state index < -0.39 is 16.1 Å². The second-order valence-corrected chi connectivity index (χ2v) is 8.07. The highest BCUT2D eigenvalue weighted by Crippen LogP contribution is 2.34. The molecule has 6 nitrogen and oxygen atoms in total. The van der Waals surface area contributed by atoms with E-state index in [2.05, 4.69) is 0 Å². The van der Waals surface area contributed by atoms with Gasteiger partial charge < -0.3 is 14.2 Å². The van der Waals surface area contributed by atoms with Crippen molar-refractivity contribution in [3.63, 3.8) is 0 Å². The van der Waals surface area contributed by atoms with Crippen LogP contribution < -0.4 is 9.47 Å². The molecule has 1 saturated heterocycles. The van der Waals surface area contributed by atoms with Gasteiger partial charge in [-0.1, -0.05) is 29.8 Å². The minimum Gasteiger partial charge on any atom is -0.497 e. The summed E-state index contributed by atoms with van der Waals surface area (Å²) >= 11 is 6.24. The van der Waals surface area contributed by atoms with Gasteiger partial charge in [-0.15, -0.1) is 0 Å². The van der Waals surface area contributed by atoms with Gasteiger partial charge in [-0.2, -0.15) is 4.31 Å². The van der Waals surface area contributed by atoms with E-state index >= 15 is 0 Å². The first-order chi connectivity index (χ1) is 12.5. The number of sulfonamides is 1. The van der Waals surface area contributed by atoms with Gasteiger partial charge in [0.25, 0.3) is 0 Å². The fourth-order valence-electron chi connectivity index (χ4n) is 2.90. The van der Waals surface area contributed by atoms with Crippen molar-refractivity contribution in [2.45, 2.75) is 11.0 Å². The number of ether oxygens (including phenoxy) is 3. The maximum atomic E-state index is 13.1. The molecule has 0 aromatic heterocycles. The molecule has 1 atom stereocenters. The van der Waals surface area contributed by atoms with Crippen LogP contribution in [0.15, 0.2) is 47.4 Å². The summed E-state index contributed by atoms with van der Waals surface area (Å²) < 4.78 is 43.8. The number of benzene rings is 2. The van der Waals surface area contributed by atoms with Gasteiger partial charge in [0.2, 0.25) is 10.0 Å². The van der Waals surface area contributed by atoms with Crippen LogP contribution in [0.25, 0.3) is 0 Å². The Morgan fingerprint density at radius 1 is 1.15 bits per heavy atom. The number of rotatable bonds is 5. The number of morpholine rings is 1. The Bertz CT molecular complexity index is 887. The van der Waals surface area contributed by atoms with E-state index in [1.54, 1.807) is 18.2 Å². The van der Waals surface area contributed by atoms with E-state index in [0.717, 1.165) is 5.56 Å². The molecule has 8 heteroatoms. The van der Waals surface area contributed by atoms with Crippen molar-refractivity contribution in [1.82, 2.24) is 4.31 Å². The third kappa shape index (κ3) is 3.66. The molecule has 2 aromatic carbocycles. The van der Waals surface area contributed by atoms with E-state index in [0.29, 0.717) is 10.8 Å². The van der Waals surface area contributed by atoms with Crippen LogP contribution in [-0.4, -0.2) is 46.6 Å². The van der Waals surface area contributed by atoms with Gasteiger partial charge in [-0.3, -0.25) is 0 Å². The van der Waals surface area contributed by atoms with E-state index in [1.807, 2.05) is 18.2 Å². The third-order valence-corrected chi connectivity index (χ3v) is 6.52. The van der Waals surface area contributed by atoms with Crippen molar-refractivity contribution in [3.05, 3.63) is 53.1 Å². The van der Waals surface area contributed by atoms with Crippen molar-refractivity contribution >= 4 is 21.6 Å². The Morgan fingerprint density at radius 2 is 1.92 bits per heavy atom. The van der Waals surface area contributed by atoms with E-state index in [4.69, 9.17) is 25.8 Å². The predicted octanol–water partition coefficient (Wildman–Crippen LogP) is 3.12. The first-order valence-electron chi connectivity index (χ1n) is 8.05. The lowest BCUT2D eigenvalue weighted by atomic mass is 10.1. The molecule has 0 N–H and O–H groups in total. The number of hydrogen-bond donors (Lipinski definition) is 0. The zero-order valence-corrected chi connectivity index (χ0v) is 16.1. The second kappa shape index (κ2) is 7.84. The van der Waals surface area contributed by atoms with Gasteiger partial charge in [-0.25, -0.2) is 8.42 Å². The normalized spacial score (nSPS) is 18.5. The smallest absolute Gasteiger partial charge is 0.246 e. The SMILES string of the molecule is COc1ccc(S(=O)(=O)N2CCOC(c3ccccc3Cl)C2)c(OC)c1. The highest BCUT2D eigenvalue weighted by Gasteiger charge is 2.34. The molecule has 3 rings (SSSR count). The van der Waals surface area contributed by atoms with Gasteiger partial charge >= 0.3 is 0 Å².